The highest BCUT2D eigenvalue weighted by Gasteiger charge is 2.67. The maximum Gasteiger partial charge on any atom is 0.347 e. The van der Waals surface area contributed by atoms with Crippen molar-refractivity contribution in [2.24, 2.45) is 0 Å². The van der Waals surface area contributed by atoms with Crippen LogP contribution in [0.1, 0.15) is 13.8 Å². The van der Waals surface area contributed by atoms with Gasteiger partial charge in [0.1, 0.15) is 0 Å². The lowest BCUT2D eigenvalue weighted by Crippen LogP contribution is -2.70. The van der Waals surface area contributed by atoms with Crippen molar-refractivity contribution in [3.05, 3.63) is 0 Å². The van der Waals surface area contributed by atoms with Crippen LogP contribution in [0.3, 0.4) is 0 Å². The van der Waals surface area contributed by atoms with Crippen LogP contribution in [0.2, 0.25) is 0 Å². The molecule has 4 atom stereocenters. The van der Waals surface area contributed by atoms with Gasteiger partial charge in [0.15, 0.2) is 23.8 Å². The van der Waals surface area contributed by atoms with Crippen LogP contribution in [-0.4, -0.2) is 99.7 Å². The zero-order valence-electron chi connectivity index (χ0n) is 13.2. The van der Waals surface area contributed by atoms with Gasteiger partial charge in [0.25, 0.3) is 11.2 Å². The topological polar surface area (TPSA) is 264 Å². The van der Waals surface area contributed by atoms with E-state index < -0.39 is 58.9 Å². The molecule has 14 heteroatoms. The SMILES string of the molecule is CC(=O)C(O)(C(=O)O)C(O)(C(C)=O)C(=O)O.O=C(O)C(O)C(O)C(=O)O. The summed E-state index contributed by atoms with van der Waals surface area (Å²) in [5.41, 5.74) is -7.44. The fourth-order valence-electron chi connectivity index (χ4n) is 1.39. The molecule has 0 bridgehead atoms. The Hall–Kier alpha value is -2.94. The summed E-state index contributed by atoms with van der Waals surface area (Å²) in [5, 5.41) is 68.6. The number of rotatable bonds is 8. The average Bonchev–Trinajstić information content (AvgIpc) is 2.50. The Morgan fingerprint density at radius 3 is 0.885 bits per heavy atom. The lowest BCUT2D eigenvalue weighted by molar-refractivity contribution is -0.206. The largest absolute Gasteiger partial charge is 0.479 e. The van der Waals surface area contributed by atoms with Gasteiger partial charge < -0.3 is 40.9 Å². The number of carboxylic acids is 4. The molecular weight excluding hydrogens is 368 g/mol. The van der Waals surface area contributed by atoms with Crippen molar-refractivity contribution < 1.29 is 69.6 Å². The molecule has 26 heavy (non-hydrogen) atoms. The third-order valence-electron chi connectivity index (χ3n) is 2.97. The van der Waals surface area contributed by atoms with E-state index >= 15 is 0 Å². The first-order valence-electron chi connectivity index (χ1n) is 6.24. The summed E-state index contributed by atoms with van der Waals surface area (Å²) < 4.78 is 0. The van der Waals surface area contributed by atoms with Crippen molar-refractivity contribution in [2.75, 3.05) is 0 Å². The summed E-state index contributed by atoms with van der Waals surface area (Å²) in [4.78, 5) is 62.8. The van der Waals surface area contributed by atoms with Crippen LogP contribution in [0.15, 0.2) is 0 Å². The van der Waals surface area contributed by atoms with Crippen LogP contribution in [-0.2, 0) is 28.8 Å². The van der Waals surface area contributed by atoms with E-state index in [4.69, 9.17) is 30.6 Å². The van der Waals surface area contributed by atoms with Gasteiger partial charge in [-0.2, -0.15) is 0 Å². The van der Waals surface area contributed by atoms with Crippen molar-refractivity contribution in [1.29, 1.82) is 0 Å². The van der Waals surface area contributed by atoms with Crippen molar-refractivity contribution in [3.8, 4) is 0 Å². The molecule has 0 spiro atoms. The van der Waals surface area contributed by atoms with E-state index in [1.165, 1.54) is 0 Å². The summed E-state index contributed by atoms with van der Waals surface area (Å²) in [6.45, 7) is 1.09. The van der Waals surface area contributed by atoms with Gasteiger partial charge in [-0.15, -0.1) is 0 Å². The quantitative estimate of drug-likeness (QED) is 0.184. The second-order valence-corrected chi connectivity index (χ2v) is 4.71. The minimum atomic E-state index is -3.72. The predicted octanol–water partition coefficient (Wildman–Crippen LogP) is -4.33. The Balaban J connectivity index is 0. The molecule has 8 N–H and O–H groups in total. The summed E-state index contributed by atoms with van der Waals surface area (Å²) in [6.07, 6.45) is -4.53. The van der Waals surface area contributed by atoms with Gasteiger partial charge >= 0.3 is 23.9 Å². The number of hydrogen-bond acceptors (Lipinski definition) is 10. The lowest BCUT2D eigenvalue weighted by Gasteiger charge is -2.32. The van der Waals surface area contributed by atoms with E-state index in [1.807, 2.05) is 0 Å². The highest BCUT2D eigenvalue weighted by molar-refractivity contribution is 6.20. The molecule has 148 valence electrons. The third kappa shape index (κ3) is 4.79. The van der Waals surface area contributed by atoms with E-state index in [-0.39, 0.29) is 0 Å². The van der Waals surface area contributed by atoms with Crippen LogP contribution < -0.4 is 0 Å². The number of aliphatic hydroxyl groups excluding tert-OH is 2. The number of hydrogen-bond donors (Lipinski definition) is 8. The molecule has 0 saturated heterocycles. The molecule has 0 aliphatic rings. The predicted molar refractivity (Wildman–Crippen MR) is 73.8 cm³/mol. The van der Waals surface area contributed by atoms with Gasteiger partial charge in [0, 0.05) is 0 Å². The van der Waals surface area contributed by atoms with Crippen LogP contribution in [0.5, 0.6) is 0 Å². The van der Waals surface area contributed by atoms with E-state index in [0.717, 1.165) is 0 Å². The smallest absolute Gasteiger partial charge is 0.347 e. The van der Waals surface area contributed by atoms with Gasteiger partial charge in [-0.1, -0.05) is 0 Å². The molecular formula is C12H16O14. The molecule has 0 radical (unpaired) electrons. The van der Waals surface area contributed by atoms with Gasteiger partial charge in [0.05, 0.1) is 0 Å². The number of carbonyl (C=O) groups is 6. The summed E-state index contributed by atoms with van der Waals surface area (Å²) >= 11 is 0. The molecule has 0 amide bonds. The number of ketones is 2. The normalized spacial score (nSPS) is 17.2. The van der Waals surface area contributed by atoms with E-state index in [1.54, 1.807) is 0 Å². The molecule has 14 nitrogen and oxygen atoms in total. The number of aliphatic carboxylic acids is 4. The zero-order valence-corrected chi connectivity index (χ0v) is 13.2. The molecule has 4 unspecified atom stereocenters. The van der Waals surface area contributed by atoms with Crippen molar-refractivity contribution in [3.63, 3.8) is 0 Å². The monoisotopic (exact) mass is 384 g/mol. The summed E-state index contributed by atoms with van der Waals surface area (Å²) in [6, 6.07) is 0. The van der Waals surface area contributed by atoms with Gasteiger partial charge in [-0.25, -0.2) is 19.2 Å². The summed E-state index contributed by atoms with van der Waals surface area (Å²) in [5.74, 6) is -11.3. The van der Waals surface area contributed by atoms with Crippen molar-refractivity contribution >= 4 is 35.4 Å². The van der Waals surface area contributed by atoms with Crippen molar-refractivity contribution in [2.45, 2.75) is 37.3 Å². The highest BCUT2D eigenvalue weighted by Crippen LogP contribution is 2.26. The average molecular weight is 384 g/mol. The minimum absolute atomic E-state index is 0.547. The number of aliphatic hydroxyl groups is 4. The molecule has 0 heterocycles. The fraction of sp³-hybridized carbons (Fsp3) is 0.500. The van der Waals surface area contributed by atoms with Crippen molar-refractivity contribution in [1.82, 2.24) is 0 Å². The maximum absolute atomic E-state index is 11.0. The fourth-order valence-corrected chi connectivity index (χ4v) is 1.39. The zero-order chi connectivity index (χ0) is 21.6. The lowest BCUT2D eigenvalue weighted by atomic mass is 9.77. The Kier molecular flexibility index (Phi) is 8.71. The van der Waals surface area contributed by atoms with Gasteiger partial charge in [-0.05, 0) is 13.8 Å². The standard InChI is InChI=1S/C8H10O8.C4H6O6/c1-3(9)7(15,5(11)12)8(16,4(2)10)6(13)14;5-1(3(7)8)2(6)4(9)10/h15-16H,1-2H3,(H,11,12)(H,13,14);1-2,5-6H,(H,7,8)(H,9,10). The van der Waals surface area contributed by atoms with Gasteiger partial charge in [-0.3, -0.25) is 9.59 Å². The number of carbonyl (C=O) groups excluding carboxylic acids is 2. The molecule has 0 saturated carbocycles. The first-order valence-corrected chi connectivity index (χ1v) is 6.24. The Labute approximate surface area is 143 Å². The Morgan fingerprint density at radius 2 is 0.808 bits per heavy atom. The van der Waals surface area contributed by atoms with Gasteiger partial charge in [0.2, 0.25) is 0 Å². The second-order valence-electron chi connectivity index (χ2n) is 4.71. The second kappa shape index (κ2) is 8.95. The van der Waals surface area contributed by atoms with Crippen LogP contribution >= 0.6 is 0 Å². The number of carboxylic acid groups (broad SMARTS) is 4. The Bertz CT molecular complexity index is 537. The number of Topliss-reactive ketones (excluding diaryl/α,β-unsaturated/α-hetero) is 2. The first kappa shape index (κ1) is 25.3. The molecule has 0 aromatic carbocycles. The molecule has 0 rings (SSSR count). The maximum atomic E-state index is 11.0. The van der Waals surface area contributed by atoms with Crippen LogP contribution in [0.4, 0.5) is 0 Å². The Morgan fingerprint density at radius 1 is 0.615 bits per heavy atom. The van der Waals surface area contributed by atoms with E-state index in [9.17, 15) is 39.0 Å². The molecule has 0 aromatic rings. The molecule has 0 aromatic heterocycles. The molecule has 0 aliphatic heterocycles. The third-order valence-corrected chi connectivity index (χ3v) is 2.97. The minimum Gasteiger partial charge on any atom is -0.479 e. The van der Waals surface area contributed by atoms with Crippen LogP contribution in [0.25, 0.3) is 0 Å². The summed E-state index contributed by atoms with van der Waals surface area (Å²) in [7, 11) is 0. The highest BCUT2D eigenvalue weighted by atomic mass is 16.5. The van der Waals surface area contributed by atoms with E-state index in [2.05, 4.69) is 0 Å². The molecule has 0 fully saturated rings. The first-order chi connectivity index (χ1) is 11.5. The van der Waals surface area contributed by atoms with Crippen LogP contribution in [0, 0.1) is 0 Å². The van der Waals surface area contributed by atoms with E-state index in [0.29, 0.717) is 13.8 Å². The molecule has 0 aliphatic carbocycles.